The molecular formula is C27H26F3N3O4. The third-order valence-corrected chi connectivity index (χ3v) is 6.38. The zero-order chi connectivity index (χ0) is 26.0. The molecule has 1 saturated heterocycles. The molecule has 37 heavy (non-hydrogen) atoms. The molecule has 2 aliphatic rings. The lowest BCUT2D eigenvalue weighted by Crippen LogP contribution is -2.40. The van der Waals surface area contributed by atoms with Crippen molar-refractivity contribution in [3.05, 3.63) is 65.7 Å². The zero-order valence-corrected chi connectivity index (χ0v) is 20.3. The average Bonchev–Trinajstić information content (AvgIpc) is 2.92. The van der Waals surface area contributed by atoms with Crippen LogP contribution < -0.4 is 19.3 Å². The van der Waals surface area contributed by atoms with Gasteiger partial charge in [0.05, 0.1) is 31.0 Å². The summed E-state index contributed by atoms with van der Waals surface area (Å²) in [5.74, 6) is 1.02. The fourth-order valence-corrected chi connectivity index (χ4v) is 4.54. The van der Waals surface area contributed by atoms with Gasteiger partial charge in [-0.25, -0.2) is 9.78 Å². The summed E-state index contributed by atoms with van der Waals surface area (Å²) in [6.07, 6.45) is -4.45. The third kappa shape index (κ3) is 5.20. The van der Waals surface area contributed by atoms with E-state index in [9.17, 15) is 18.0 Å². The van der Waals surface area contributed by atoms with Crippen molar-refractivity contribution >= 4 is 17.6 Å². The van der Waals surface area contributed by atoms with Crippen LogP contribution in [0, 0.1) is 0 Å². The molecule has 194 valence electrons. The van der Waals surface area contributed by atoms with E-state index in [1.54, 1.807) is 24.3 Å². The molecule has 0 saturated carbocycles. The molecule has 2 aromatic carbocycles. The van der Waals surface area contributed by atoms with Crippen molar-refractivity contribution in [2.24, 2.45) is 0 Å². The van der Waals surface area contributed by atoms with Crippen LogP contribution in [0.4, 0.5) is 29.5 Å². The van der Waals surface area contributed by atoms with Gasteiger partial charge in [-0.2, -0.15) is 13.2 Å². The van der Waals surface area contributed by atoms with Crippen molar-refractivity contribution in [2.75, 3.05) is 49.3 Å². The predicted molar refractivity (Wildman–Crippen MR) is 132 cm³/mol. The van der Waals surface area contributed by atoms with Gasteiger partial charge in [0.2, 0.25) is 0 Å². The molecule has 10 heteroatoms. The Bertz CT molecular complexity index is 1290. The van der Waals surface area contributed by atoms with Gasteiger partial charge in [0.25, 0.3) is 0 Å². The van der Waals surface area contributed by atoms with Crippen LogP contribution in [0.2, 0.25) is 0 Å². The molecule has 2 aliphatic heterocycles. The highest BCUT2D eigenvalue weighted by atomic mass is 19.4. The highest BCUT2D eigenvalue weighted by Crippen LogP contribution is 2.36. The van der Waals surface area contributed by atoms with Crippen LogP contribution >= 0.6 is 0 Å². The van der Waals surface area contributed by atoms with Gasteiger partial charge in [0, 0.05) is 29.9 Å². The monoisotopic (exact) mass is 513 g/mol. The second-order valence-electron chi connectivity index (χ2n) is 8.67. The van der Waals surface area contributed by atoms with Crippen molar-refractivity contribution in [3.8, 4) is 22.8 Å². The summed E-state index contributed by atoms with van der Waals surface area (Å²) in [6, 6.07) is 13.7. The second kappa shape index (κ2) is 10.3. The number of pyridine rings is 1. The third-order valence-electron chi connectivity index (χ3n) is 6.38. The van der Waals surface area contributed by atoms with E-state index in [2.05, 4.69) is 9.88 Å². The van der Waals surface area contributed by atoms with Crippen molar-refractivity contribution in [1.29, 1.82) is 0 Å². The van der Waals surface area contributed by atoms with Crippen LogP contribution in [0.25, 0.3) is 11.3 Å². The van der Waals surface area contributed by atoms with Crippen LogP contribution in [0.5, 0.6) is 11.5 Å². The highest BCUT2D eigenvalue weighted by molar-refractivity contribution is 5.91. The Hall–Kier alpha value is -3.79. The van der Waals surface area contributed by atoms with Gasteiger partial charge < -0.3 is 19.1 Å². The number of benzene rings is 2. The van der Waals surface area contributed by atoms with Crippen molar-refractivity contribution < 1.29 is 32.2 Å². The summed E-state index contributed by atoms with van der Waals surface area (Å²) >= 11 is 0. The van der Waals surface area contributed by atoms with Crippen LogP contribution in [0.15, 0.2) is 54.6 Å². The Balaban J connectivity index is 1.43. The smallest absolute Gasteiger partial charge is 0.421 e. The fourth-order valence-electron chi connectivity index (χ4n) is 4.54. The Morgan fingerprint density at radius 3 is 2.57 bits per heavy atom. The lowest BCUT2D eigenvalue weighted by molar-refractivity contribution is -0.137. The van der Waals surface area contributed by atoms with Gasteiger partial charge in [-0.1, -0.05) is 25.1 Å². The first kappa shape index (κ1) is 24.9. The van der Waals surface area contributed by atoms with Crippen molar-refractivity contribution in [1.82, 2.24) is 4.98 Å². The maximum atomic E-state index is 13.3. The van der Waals surface area contributed by atoms with E-state index in [0.29, 0.717) is 31.1 Å². The van der Waals surface area contributed by atoms with E-state index < -0.39 is 17.8 Å². The van der Waals surface area contributed by atoms with Gasteiger partial charge in [0.1, 0.15) is 12.4 Å². The summed E-state index contributed by atoms with van der Waals surface area (Å²) < 4.78 is 56.6. The normalized spacial score (nSPS) is 15.7. The average molecular weight is 514 g/mol. The molecule has 0 N–H and O–H groups in total. The predicted octanol–water partition coefficient (Wildman–Crippen LogP) is 5.56. The molecule has 0 aliphatic carbocycles. The van der Waals surface area contributed by atoms with Crippen LogP contribution in [-0.2, 0) is 17.3 Å². The molecule has 0 bridgehead atoms. The molecule has 5 rings (SSSR count). The number of alkyl halides is 3. The Labute approximate surface area is 212 Å². The van der Waals surface area contributed by atoms with E-state index >= 15 is 0 Å². The summed E-state index contributed by atoms with van der Waals surface area (Å²) in [5.41, 5.74) is 1.71. The number of rotatable bonds is 4. The van der Waals surface area contributed by atoms with E-state index in [1.807, 2.05) is 19.1 Å². The number of nitrogens with zero attached hydrogens (tertiary/aromatic N) is 3. The Morgan fingerprint density at radius 2 is 1.81 bits per heavy atom. The SMILES string of the molecule is CCc1c(OC(=O)N2CCOc3ccc(-c4cccc(C(F)(F)F)c4)nc32)cccc1N1CCOCC1. The first-order chi connectivity index (χ1) is 17.8. The molecule has 1 aromatic heterocycles. The van der Waals surface area contributed by atoms with Gasteiger partial charge in [-0.05, 0) is 42.8 Å². The van der Waals surface area contributed by atoms with Crippen molar-refractivity contribution in [3.63, 3.8) is 0 Å². The minimum atomic E-state index is -4.48. The Morgan fingerprint density at radius 1 is 1.03 bits per heavy atom. The molecule has 0 atom stereocenters. The van der Waals surface area contributed by atoms with Gasteiger partial charge >= 0.3 is 12.3 Å². The minimum absolute atomic E-state index is 0.190. The Kier molecular flexibility index (Phi) is 6.92. The highest BCUT2D eigenvalue weighted by Gasteiger charge is 2.31. The van der Waals surface area contributed by atoms with Gasteiger partial charge in [-0.3, -0.25) is 4.90 Å². The minimum Gasteiger partial charge on any atom is -0.488 e. The summed E-state index contributed by atoms with van der Waals surface area (Å²) in [5, 5.41) is 0. The maximum Gasteiger partial charge on any atom is 0.421 e. The zero-order valence-electron chi connectivity index (χ0n) is 20.3. The lowest BCUT2D eigenvalue weighted by Gasteiger charge is -2.31. The molecule has 1 fully saturated rings. The second-order valence-corrected chi connectivity index (χ2v) is 8.67. The topological polar surface area (TPSA) is 64.1 Å². The molecular weight excluding hydrogens is 487 g/mol. The number of carbonyl (C=O) groups is 1. The summed E-state index contributed by atoms with van der Waals surface area (Å²) in [7, 11) is 0. The molecule has 3 aromatic rings. The number of aromatic nitrogens is 1. The lowest BCUT2D eigenvalue weighted by atomic mass is 10.1. The van der Waals surface area contributed by atoms with Crippen LogP contribution in [0.3, 0.4) is 0 Å². The van der Waals surface area contributed by atoms with E-state index in [0.717, 1.165) is 36.5 Å². The molecule has 0 unspecified atom stereocenters. The standard InChI is InChI=1S/C27H26F3N3O4/c1-2-20-22(32-11-14-35-15-12-32)7-4-8-23(20)37-26(34)33-13-16-36-24-10-9-21(31-25(24)33)18-5-3-6-19(17-18)27(28,29)30/h3-10,17H,2,11-16H2,1H3. The largest absolute Gasteiger partial charge is 0.488 e. The van der Waals surface area contributed by atoms with Crippen molar-refractivity contribution in [2.45, 2.75) is 19.5 Å². The summed E-state index contributed by atoms with van der Waals surface area (Å²) in [4.78, 5) is 21.4. The molecule has 0 spiro atoms. The number of morpholine rings is 1. The molecule has 7 nitrogen and oxygen atoms in total. The fraction of sp³-hybridized carbons (Fsp3) is 0.333. The van der Waals surface area contributed by atoms with E-state index in [1.165, 1.54) is 11.0 Å². The number of carbonyl (C=O) groups excluding carboxylic acids is 1. The van der Waals surface area contributed by atoms with E-state index in [4.69, 9.17) is 14.2 Å². The van der Waals surface area contributed by atoms with Gasteiger partial charge in [-0.15, -0.1) is 0 Å². The number of amides is 1. The summed E-state index contributed by atoms with van der Waals surface area (Å²) in [6.45, 7) is 5.21. The first-order valence-electron chi connectivity index (χ1n) is 12.1. The number of anilines is 2. The first-order valence-corrected chi connectivity index (χ1v) is 12.1. The number of halogens is 3. The number of fused-ring (bicyclic) bond motifs is 1. The number of ether oxygens (including phenoxy) is 3. The van der Waals surface area contributed by atoms with Crippen LogP contribution in [0.1, 0.15) is 18.1 Å². The van der Waals surface area contributed by atoms with Gasteiger partial charge in [0.15, 0.2) is 11.6 Å². The molecule has 3 heterocycles. The van der Waals surface area contributed by atoms with E-state index in [-0.39, 0.29) is 30.2 Å². The van der Waals surface area contributed by atoms with Crippen LogP contribution in [-0.4, -0.2) is 50.5 Å². The molecule has 1 amide bonds. The number of hydrogen-bond acceptors (Lipinski definition) is 6. The quantitative estimate of drug-likeness (QED) is 0.455. The number of hydrogen-bond donors (Lipinski definition) is 0. The maximum absolute atomic E-state index is 13.3. The molecule has 0 radical (unpaired) electrons.